The summed E-state index contributed by atoms with van der Waals surface area (Å²) in [6.45, 7) is 1.60. The van der Waals surface area contributed by atoms with Gasteiger partial charge in [-0.2, -0.15) is 0 Å². The van der Waals surface area contributed by atoms with Crippen LogP contribution in [0, 0.1) is 0 Å². The minimum absolute atomic E-state index is 0.563. The quantitative estimate of drug-likeness (QED) is 0.674. The third kappa shape index (κ3) is 4.09. The summed E-state index contributed by atoms with van der Waals surface area (Å²) in [5.74, 6) is 1.40. The molecule has 1 atom stereocenters. The lowest BCUT2D eigenvalue weighted by Gasteiger charge is -2.26. The van der Waals surface area contributed by atoms with Crippen molar-refractivity contribution in [3.8, 4) is 0 Å². The fourth-order valence-corrected chi connectivity index (χ4v) is 3.18. The molecule has 23 heavy (non-hydrogen) atoms. The number of aryl methyl sites for hydroxylation is 1. The number of rotatable bonds is 4. The smallest absolute Gasteiger partial charge is 0.191 e. The first-order valence-electron chi connectivity index (χ1n) is 8.29. The number of pyridine rings is 1. The molecule has 4 heteroatoms. The van der Waals surface area contributed by atoms with Gasteiger partial charge in [0.15, 0.2) is 5.96 Å². The average molecular weight is 308 g/mol. The van der Waals surface area contributed by atoms with Gasteiger partial charge in [-0.05, 0) is 42.5 Å². The van der Waals surface area contributed by atoms with Crippen LogP contribution in [0.5, 0.6) is 0 Å². The first kappa shape index (κ1) is 15.5. The minimum Gasteiger partial charge on any atom is -0.356 e. The molecule has 0 saturated carbocycles. The second kappa shape index (κ2) is 7.77. The molecule has 1 heterocycles. The number of aromatic nitrogens is 1. The Kier molecular flexibility index (Phi) is 5.25. The van der Waals surface area contributed by atoms with Crippen molar-refractivity contribution in [2.45, 2.75) is 31.7 Å². The molecule has 2 N–H and O–H groups in total. The zero-order chi connectivity index (χ0) is 15.9. The Bertz CT molecular complexity index is 651. The van der Waals surface area contributed by atoms with E-state index in [0.717, 1.165) is 18.2 Å². The van der Waals surface area contributed by atoms with Gasteiger partial charge in [-0.25, -0.2) is 0 Å². The van der Waals surface area contributed by atoms with Crippen LogP contribution in [0.4, 0.5) is 0 Å². The molecule has 0 saturated heterocycles. The van der Waals surface area contributed by atoms with Crippen LogP contribution >= 0.6 is 0 Å². The summed E-state index contributed by atoms with van der Waals surface area (Å²) < 4.78 is 0. The zero-order valence-electron chi connectivity index (χ0n) is 13.6. The van der Waals surface area contributed by atoms with Gasteiger partial charge in [-0.3, -0.25) is 9.98 Å². The Morgan fingerprint density at radius 3 is 2.87 bits per heavy atom. The Morgan fingerprint density at radius 1 is 1.17 bits per heavy atom. The maximum Gasteiger partial charge on any atom is 0.191 e. The normalized spacial score (nSPS) is 17.4. The van der Waals surface area contributed by atoms with Gasteiger partial charge in [-0.1, -0.05) is 30.3 Å². The third-order valence-electron chi connectivity index (χ3n) is 4.40. The fourth-order valence-electron chi connectivity index (χ4n) is 3.18. The molecule has 1 unspecified atom stereocenters. The van der Waals surface area contributed by atoms with E-state index in [1.807, 2.05) is 31.4 Å². The summed E-state index contributed by atoms with van der Waals surface area (Å²) >= 11 is 0. The van der Waals surface area contributed by atoms with Gasteiger partial charge in [0.2, 0.25) is 0 Å². The van der Waals surface area contributed by atoms with Crippen molar-refractivity contribution in [1.82, 2.24) is 15.6 Å². The van der Waals surface area contributed by atoms with Crippen LogP contribution in [-0.4, -0.2) is 24.5 Å². The van der Waals surface area contributed by atoms with Gasteiger partial charge >= 0.3 is 0 Å². The highest BCUT2D eigenvalue weighted by Crippen LogP contribution is 2.30. The number of hydrogen-bond donors (Lipinski definition) is 2. The molecule has 1 aromatic heterocycles. The molecule has 0 radical (unpaired) electrons. The molecular weight excluding hydrogens is 284 g/mol. The molecule has 1 aromatic carbocycles. The van der Waals surface area contributed by atoms with Crippen LogP contribution < -0.4 is 10.6 Å². The summed E-state index contributed by atoms with van der Waals surface area (Å²) in [5, 5.41) is 6.79. The van der Waals surface area contributed by atoms with Gasteiger partial charge in [0.25, 0.3) is 0 Å². The monoisotopic (exact) mass is 308 g/mol. The Hall–Kier alpha value is -2.36. The van der Waals surface area contributed by atoms with E-state index in [9.17, 15) is 0 Å². The molecule has 4 nitrogen and oxygen atoms in total. The average Bonchev–Trinajstić information content (AvgIpc) is 2.63. The van der Waals surface area contributed by atoms with Gasteiger partial charge < -0.3 is 10.6 Å². The summed E-state index contributed by atoms with van der Waals surface area (Å²) in [5.41, 5.74) is 4.01. The molecule has 0 aliphatic heterocycles. The Balaban J connectivity index is 1.55. The van der Waals surface area contributed by atoms with E-state index in [-0.39, 0.29) is 0 Å². The number of nitrogens with one attached hydrogen (secondary N) is 2. The van der Waals surface area contributed by atoms with Gasteiger partial charge in [-0.15, -0.1) is 0 Å². The van der Waals surface area contributed by atoms with Gasteiger partial charge in [0.1, 0.15) is 0 Å². The van der Waals surface area contributed by atoms with Crippen LogP contribution in [-0.2, 0) is 13.0 Å². The van der Waals surface area contributed by atoms with E-state index >= 15 is 0 Å². The van der Waals surface area contributed by atoms with E-state index < -0.39 is 0 Å². The maximum atomic E-state index is 4.32. The van der Waals surface area contributed by atoms with Gasteiger partial charge in [0, 0.05) is 25.7 Å². The standard InChI is InChI=1S/C19H24N4/c1-20-19(23-14-17-10-4-5-12-21-17)22-13-16-9-6-8-15-7-2-3-11-18(15)16/h2-5,7,10-12,16H,6,8-9,13-14H2,1H3,(H2,20,22,23). The number of guanidine groups is 1. The molecule has 120 valence electrons. The summed E-state index contributed by atoms with van der Waals surface area (Å²) in [6, 6.07) is 14.8. The summed E-state index contributed by atoms with van der Waals surface area (Å²) in [6.07, 6.45) is 5.52. The molecule has 0 spiro atoms. The van der Waals surface area contributed by atoms with Crippen LogP contribution in [0.3, 0.4) is 0 Å². The third-order valence-corrected chi connectivity index (χ3v) is 4.40. The number of nitrogens with zero attached hydrogens (tertiary/aromatic N) is 2. The molecular formula is C19H24N4. The first-order chi connectivity index (χ1) is 11.4. The van der Waals surface area contributed by atoms with E-state index in [0.29, 0.717) is 12.5 Å². The summed E-state index contributed by atoms with van der Waals surface area (Å²) in [7, 11) is 1.81. The van der Waals surface area contributed by atoms with Crippen molar-refractivity contribution < 1.29 is 0 Å². The fraction of sp³-hybridized carbons (Fsp3) is 0.368. The van der Waals surface area contributed by atoms with Crippen molar-refractivity contribution in [3.63, 3.8) is 0 Å². The molecule has 1 aliphatic rings. The van der Waals surface area contributed by atoms with Crippen molar-refractivity contribution in [3.05, 3.63) is 65.5 Å². The van der Waals surface area contributed by atoms with E-state index in [4.69, 9.17) is 0 Å². The SMILES string of the molecule is CN=C(NCc1ccccn1)NCC1CCCc2ccccc21. The van der Waals surface area contributed by atoms with E-state index in [1.165, 1.54) is 30.4 Å². The van der Waals surface area contributed by atoms with Crippen molar-refractivity contribution >= 4 is 5.96 Å². The second-order valence-electron chi connectivity index (χ2n) is 5.92. The molecule has 0 amide bonds. The van der Waals surface area contributed by atoms with E-state index in [2.05, 4.69) is 44.9 Å². The first-order valence-corrected chi connectivity index (χ1v) is 8.29. The maximum absolute atomic E-state index is 4.32. The summed E-state index contributed by atoms with van der Waals surface area (Å²) in [4.78, 5) is 8.63. The van der Waals surface area contributed by atoms with Crippen molar-refractivity contribution in [1.29, 1.82) is 0 Å². The van der Waals surface area contributed by atoms with Crippen LogP contribution in [0.1, 0.15) is 35.6 Å². The largest absolute Gasteiger partial charge is 0.356 e. The number of fused-ring (bicyclic) bond motifs is 1. The van der Waals surface area contributed by atoms with Crippen molar-refractivity contribution in [2.75, 3.05) is 13.6 Å². The Labute approximate surface area is 138 Å². The highest BCUT2D eigenvalue weighted by molar-refractivity contribution is 5.79. The molecule has 3 rings (SSSR count). The molecule has 0 fully saturated rings. The van der Waals surface area contributed by atoms with Crippen LogP contribution in [0.2, 0.25) is 0 Å². The van der Waals surface area contributed by atoms with Crippen LogP contribution in [0.15, 0.2) is 53.7 Å². The highest BCUT2D eigenvalue weighted by Gasteiger charge is 2.19. The number of benzene rings is 1. The number of hydrogen-bond acceptors (Lipinski definition) is 2. The lowest BCUT2D eigenvalue weighted by Crippen LogP contribution is -2.39. The highest BCUT2D eigenvalue weighted by atomic mass is 15.2. The molecule has 1 aliphatic carbocycles. The Morgan fingerprint density at radius 2 is 2.04 bits per heavy atom. The van der Waals surface area contributed by atoms with E-state index in [1.54, 1.807) is 0 Å². The lowest BCUT2D eigenvalue weighted by atomic mass is 9.83. The lowest BCUT2D eigenvalue weighted by molar-refractivity contribution is 0.539. The molecule has 2 aromatic rings. The zero-order valence-corrected chi connectivity index (χ0v) is 13.6. The van der Waals surface area contributed by atoms with Crippen molar-refractivity contribution in [2.24, 2.45) is 4.99 Å². The van der Waals surface area contributed by atoms with Gasteiger partial charge in [0.05, 0.1) is 12.2 Å². The van der Waals surface area contributed by atoms with Crippen LogP contribution in [0.25, 0.3) is 0 Å². The predicted molar refractivity (Wildman–Crippen MR) is 94.6 cm³/mol. The predicted octanol–water partition coefficient (Wildman–Crippen LogP) is 2.87. The topological polar surface area (TPSA) is 49.3 Å². The second-order valence-corrected chi connectivity index (χ2v) is 5.92. The number of aliphatic imine (C=N–C) groups is 1. The molecule has 0 bridgehead atoms. The minimum atomic E-state index is 0.563.